The summed E-state index contributed by atoms with van der Waals surface area (Å²) in [6, 6.07) is 6.35. The first-order valence-corrected chi connectivity index (χ1v) is 8.14. The molecule has 24 heavy (non-hydrogen) atoms. The summed E-state index contributed by atoms with van der Waals surface area (Å²) in [4.78, 5) is 24.1. The van der Waals surface area contributed by atoms with Gasteiger partial charge in [-0.2, -0.15) is 5.26 Å². The molecule has 1 aromatic rings. The van der Waals surface area contributed by atoms with Crippen LogP contribution >= 0.6 is 23.2 Å². The normalized spacial score (nSPS) is 15.5. The van der Waals surface area contributed by atoms with Crippen LogP contribution in [0.15, 0.2) is 30.0 Å². The first-order valence-electron chi connectivity index (χ1n) is 7.39. The highest BCUT2D eigenvalue weighted by Gasteiger charge is 2.20. The SMILES string of the molecule is N#C/C(=C/NC(=O)C1CCNCC1)C(=O)Nc1ccc(Cl)c(Cl)c1. The fraction of sp³-hybridized carbons (Fsp3) is 0.312. The fourth-order valence-electron chi connectivity index (χ4n) is 2.27. The minimum absolute atomic E-state index is 0.111. The van der Waals surface area contributed by atoms with Crippen molar-refractivity contribution in [1.29, 1.82) is 5.26 Å². The van der Waals surface area contributed by atoms with Crippen LogP contribution in [0.3, 0.4) is 0 Å². The van der Waals surface area contributed by atoms with Gasteiger partial charge in [0.25, 0.3) is 5.91 Å². The van der Waals surface area contributed by atoms with E-state index in [1.54, 1.807) is 12.1 Å². The van der Waals surface area contributed by atoms with Gasteiger partial charge in [-0.25, -0.2) is 0 Å². The molecule has 0 aromatic heterocycles. The van der Waals surface area contributed by atoms with Crippen LogP contribution < -0.4 is 16.0 Å². The van der Waals surface area contributed by atoms with Gasteiger partial charge in [0.2, 0.25) is 5.91 Å². The molecule has 0 bridgehead atoms. The van der Waals surface area contributed by atoms with Crippen molar-refractivity contribution in [3.8, 4) is 6.07 Å². The van der Waals surface area contributed by atoms with Gasteiger partial charge in [0.15, 0.2) is 0 Å². The number of amides is 2. The largest absolute Gasteiger partial charge is 0.331 e. The van der Waals surface area contributed by atoms with E-state index in [-0.39, 0.29) is 22.4 Å². The van der Waals surface area contributed by atoms with Gasteiger partial charge in [-0.1, -0.05) is 23.2 Å². The molecule has 0 aliphatic carbocycles. The number of anilines is 1. The van der Waals surface area contributed by atoms with Crippen molar-refractivity contribution in [3.63, 3.8) is 0 Å². The number of halogens is 2. The van der Waals surface area contributed by atoms with Gasteiger partial charge in [0, 0.05) is 17.8 Å². The monoisotopic (exact) mass is 366 g/mol. The van der Waals surface area contributed by atoms with Gasteiger partial charge in [-0.05, 0) is 44.1 Å². The molecule has 1 aliphatic rings. The average Bonchev–Trinajstić information content (AvgIpc) is 2.59. The molecule has 0 atom stereocenters. The van der Waals surface area contributed by atoms with E-state index in [9.17, 15) is 9.59 Å². The van der Waals surface area contributed by atoms with E-state index < -0.39 is 5.91 Å². The number of benzene rings is 1. The molecule has 0 spiro atoms. The molecule has 1 aromatic carbocycles. The number of hydrogen-bond acceptors (Lipinski definition) is 4. The van der Waals surface area contributed by atoms with E-state index >= 15 is 0 Å². The van der Waals surface area contributed by atoms with Crippen molar-refractivity contribution < 1.29 is 9.59 Å². The topological polar surface area (TPSA) is 94.0 Å². The van der Waals surface area contributed by atoms with Gasteiger partial charge in [0.1, 0.15) is 11.6 Å². The summed E-state index contributed by atoms with van der Waals surface area (Å²) in [5.41, 5.74) is 0.198. The van der Waals surface area contributed by atoms with E-state index in [1.807, 2.05) is 0 Å². The van der Waals surface area contributed by atoms with Crippen molar-refractivity contribution >= 4 is 40.7 Å². The Morgan fingerprint density at radius 1 is 1.25 bits per heavy atom. The Morgan fingerprint density at radius 2 is 1.96 bits per heavy atom. The lowest BCUT2D eigenvalue weighted by atomic mass is 9.97. The van der Waals surface area contributed by atoms with E-state index in [2.05, 4.69) is 16.0 Å². The number of nitrogens with zero attached hydrogens (tertiary/aromatic N) is 1. The maximum absolute atomic E-state index is 12.1. The Bertz CT molecular complexity index is 707. The second-order valence-electron chi connectivity index (χ2n) is 5.29. The Labute approximate surface area is 149 Å². The zero-order valence-corrected chi connectivity index (χ0v) is 14.2. The Balaban J connectivity index is 1.98. The minimum Gasteiger partial charge on any atom is -0.331 e. The third-order valence-electron chi connectivity index (χ3n) is 3.61. The maximum atomic E-state index is 12.1. The minimum atomic E-state index is -0.638. The molecule has 0 radical (unpaired) electrons. The standard InChI is InChI=1S/C16H16Cl2N4O2/c17-13-2-1-12(7-14(13)18)22-16(24)11(8-19)9-21-15(23)10-3-5-20-6-4-10/h1-2,7,9-10,20H,3-6H2,(H,21,23)(H,22,24)/b11-9-. The zero-order valence-electron chi connectivity index (χ0n) is 12.7. The molecule has 2 amide bonds. The lowest BCUT2D eigenvalue weighted by molar-refractivity contribution is -0.124. The molecule has 8 heteroatoms. The molecular weight excluding hydrogens is 351 g/mol. The van der Waals surface area contributed by atoms with E-state index in [1.165, 1.54) is 12.1 Å². The van der Waals surface area contributed by atoms with Crippen LogP contribution in [0, 0.1) is 17.2 Å². The second-order valence-corrected chi connectivity index (χ2v) is 6.10. The lowest BCUT2D eigenvalue weighted by Crippen LogP contribution is -2.36. The van der Waals surface area contributed by atoms with Gasteiger partial charge in [-0.3, -0.25) is 9.59 Å². The van der Waals surface area contributed by atoms with Crippen molar-refractivity contribution in [1.82, 2.24) is 10.6 Å². The van der Waals surface area contributed by atoms with Crippen LogP contribution in [0.25, 0.3) is 0 Å². The molecule has 1 aliphatic heterocycles. The smallest absolute Gasteiger partial charge is 0.267 e. The number of piperidine rings is 1. The Morgan fingerprint density at radius 3 is 2.58 bits per heavy atom. The summed E-state index contributed by atoms with van der Waals surface area (Å²) in [5.74, 6) is -0.936. The van der Waals surface area contributed by atoms with Crippen LogP contribution in [0.5, 0.6) is 0 Å². The third-order valence-corrected chi connectivity index (χ3v) is 4.35. The number of nitriles is 1. The van der Waals surface area contributed by atoms with Crippen molar-refractivity contribution in [3.05, 3.63) is 40.0 Å². The first-order chi connectivity index (χ1) is 11.5. The molecule has 2 rings (SSSR count). The second kappa shape index (κ2) is 8.69. The Hall–Kier alpha value is -2.07. The summed E-state index contributed by atoms with van der Waals surface area (Å²) < 4.78 is 0. The Kier molecular flexibility index (Phi) is 6.62. The highest BCUT2D eigenvalue weighted by atomic mass is 35.5. The molecule has 1 saturated heterocycles. The van der Waals surface area contributed by atoms with Crippen molar-refractivity contribution in [2.24, 2.45) is 5.92 Å². The molecule has 1 heterocycles. The molecule has 126 valence electrons. The van der Waals surface area contributed by atoms with Gasteiger partial charge in [0.05, 0.1) is 10.0 Å². The van der Waals surface area contributed by atoms with Gasteiger partial charge in [-0.15, -0.1) is 0 Å². The van der Waals surface area contributed by atoms with Crippen LogP contribution in [-0.2, 0) is 9.59 Å². The van der Waals surface area contributed by atoms with Crippen molar-refractivity contribution in [2.45, 2.75) is 12.8 Å². The van der Waals surface area contributed by atoms with Gasteiger partial charge < -0.3 is 16.0 Å². The summed E-state index contributed by atoms with van der Waals surface area (Å²) in [5, 5.41) is 18.0. The number of rotatable bonds is 4. The van der Waals surface area contributed by atoms with Crippen molar-refractivity contribution in [2.75, 3.05) is 18.4 Å². The predicted molar refractivity (Wildman–Crippen MR) is 92.5 cm³/mol. The molecule has 0 unspecified atom stereocenters. The molecule has 1 fully saturated rings. The van der Waals surface area contributed by atoms with Crippen LogP contribution in [0.1, 0.15) is 12.8 Å². The van der Waals surface area contributed by atoms with Crippen LogP contribution in [0.4, 0.5) is 5.69 Å². The van der Waals surface area contributed by atoms with E-state index in [4.69, 9.17) is 28.5 Å². The number of hydrogen-bond donors (Lipinski definition) is 3. The average molecular weight is 367 g/mol. The highest BCUT2D eigenvalue weighted by Crippen LogP contribution is 2.25. The van der Waals surface area contributed by atoms with E-state index in [0.29, 0.717) is 10.7 Å². The molecule has 0 saturated carbocycles. The number of nitrogens with one attached hydrogen (secondary N) is 3. The quantitative estimate of drug-likeness (QED) is 0.563. The fourth-order valence-corrected chi connectivity index (χ4v) is 2.56. The molecule has 6 nitrogen and oxygen atoms in total. The van der Waals surface area contributed by atoms with Crippen LogP contribution in [-0.4, -0.2) is 24.9 Å². The van der Waals surface area contributed by atoms with Crippen LogP contribution in [0.2, 0.25) is 10.0 Å². The predicted octanol–water partition coefficient (Wildman–Crippen LogP) is 2.46. The summed E-state index contributed by atoms with van der Waals surface area (Å²) in [7, 11) is 0. The summed E-state index contributed by atoms with van der Waals surface area (Å²) in [6.07, 6.45) is 2.60. The number of carbonyl (C=O) groups is 2. The number of carbonyl (C=O) groups excluding carboxylic acids is 2. The highest BCUT2D eigenvalue weighted by molar-refractivity contribution is 6.42. The molecular formula is C16H16Cl2N4O2. The lowest BCUT2D eigenvalue weighted by Gasteiger charge is -2.20. The first kappa shape index (κ1) is 18.3. The summed E-state index contributed by atoms with van der Waals surface area (Å²) >= 11 is 11.7. The molecule has 3 N–H and O–H groups in total. The summed E-state index contributed by atoms with van der Waals surface area (Å²) in [6.45, 7) is 1.56. The van der Waals surface area contributed by atoms with Gasteiger partial charge >= 0.3 is 0 Å². The van der Waals surface area contributed by atoms with E-state index in [0.717, 1.165) is 32.1 Å². The zero-order chi connectivity index (χ0) is 17.5. The third kappa shape index (κ3) is 4.96. The maximum Gasteiger partial charge on any atom is 0.267 e.